The van der Waals surface area contributed by atoms with E-state index in [1.54, 1.807) is 0 Å². The third-order valence-electron chi connectivity index (χ3n) is 4.09. The molecule has 1 unspecified atom stereocenters. The van der Waals surface area contributed by atoms with Gasteiger partial charge in [0, 0.05) is 13.2 Å². The minimum absolute atomic E-state index is 0.331. The lowest BCUT2D eigenvalue weighted by Gasteiger charge is -2.22. The molecule has 0 aliphatic carbocycles. The van der Waals surface area contributed by atoms with Crippen molar-refractivity contribution in [2.24, 2.45) is 11.3 Å². The van der Waals surface area contributed by atoms with Crippen LogP contribution in [0.2, 0.25) is 0 Å². The molecule has 0 amide bonds. The SMILES string of the molecule is CC(CCO)CC(C)(C)C.CCCCCCCCCCCCO. The lowest BCUT2D eigenvalue weighted by molar-refractivity contribution is 0.227. The van der Waals surface area contributed by atoms with E-state index < -0.39 is 0 Å². The Morgan fingerprint density at radius 2 is 1.13 bits per heavy atom. The molecule has 0 saturated carbocycles. The Morgan fingerprint density at radius 3 is 1.48 bits per heavy atom. The third-order valence-corrected chi connectivity index (χ3v) is 4.09. The van der Waals surface area contributed by atoms with Crippen molar-refractivity contribution in [1.29, 1.82) is 0 Å². The molecule has 0 bridgehead atoms. The molecule has 0 radical (unpaired) electrons. The van der Waals surface area contributed by atoms with Gasteiger partial charge in [-0.05, 0) is 30.6 Å². The number of rotatable bonds is 13. The standard InChI is InChI=1S/C12H26O.C9H20O/c1-2-3-4-5-6-7-8-9-10-11-12-13;1-8(5-6-10)7-9(2,3)4/h13H,2-12H2,1H3;8,10H,5-7H2,1-4H3. The third kappa shape index (κ3) is 27.1. The molecule has 1 atom stereocenters. The van der Waals surface area contributed by atoms with E-state index in [-0.39, 0.29) is 0 Å². The van der Waals surface area contributed by atoms with E-state index in [0.717, 1.165) is 12.8 Å². The maximum Gasteiger partial charge on any atom is 0.0433 e. The molecular formula is C21H46O2. The molecule has 0 rings (SSSR count). The maximum absolute atomic E-state index is 8.63. The van der Waals surface area contributed by atoms with Gasteiger partial charge in [-0.3, -0.25) is 0 Å². The number of unbranched alkanes of at least 4 members (excludes halogenated alkanes) is 9. The van der Waals surface area contributed by atoms with Crippen LogP contribution in [0.25, 0.3) is 0 Å². The van der Waals surface area contributed by atoms with E-state index in [0.29, 0.717) is 24.5 Å². The Kier molecular flexibility index (Phi) is 20.0. The Morgan fingerprint density at radius 1 is 0.696 bits per heavy atom. The molecule has 0 fully saturated rings. The molecule has 23 heavy (non-hydrogen) atoms. The monoisotopic (exact) mass is 330 g/mol. The van der Waals surface area contributed by atoms with Gasteiger partial charge in [-0.15, -0.1) is 0 Å². The molecule has 0 aromatic rings. The van der Waals surface area contributed by atoms with E-state index in [9.17, 15) is 0 Å². The second kappa shape index (κ2) is 18.3. The van der Waals surface area contributed by atoms with E-state index in [1.165, 1.54) is 64.2 Å². The van der Waals surface area contributed by atoms with Crippen molar-refractivity contribution in [3.63, 3.8) is 0 Å². The largest absolute Gasteiger partial charge is 0.396 e. The fourth-order valence-electron chi connectivity index (χ4n) is 2.97. The summed E-state index contributed by atoms with van der Waals surface area (Å²) < 4.78 is 0. The highest BCUT2D eigenvalue weighted by molar-refractivity contribution is 4.65. The van der Waals surface area contributed by atoms with Crippen molar-refractivity contribution in [3.05, 3.63) is 0 Å². The lowest BCUT2D eigenvalue weighted by Crippen LogP contribution is -2.11. The van der Waals surface area contributed by atoms with Gasteiger partial charge >= 0.3 is 0 Å². The Bertz CT molecular complexity index is 198. The van der Waals surface area contributed by atoms with E-state index >= 15 is 0 Å². The maximum atomic E-state index is 8.63. The molecule has 2 heteroatoms. The van der Waals surface area contributed by atoms with E-state index in [1.807, 2.05) is 0 Å². The minimum atomic E-state index is 0.331. The molecule has 0 heterocycles. The zero-order valence-corrected chi connectivity index (χ0v) is 16.9. The quantitative estimate of drug-likeness (QED) is 0.387. The van der Waals surface area contributed by atoms with Crippen molar-refractivity contribution in [1.82, 2.24) is 0 Å². The normalized spacial score (nSPS) is 12.7. The molecular weight excluding hydrogens is 284 g/mol. The van der Waals surface area contributed by atoms with Gasteiger partial charge in [0.1, 0.15) is 0 Å². The van der Waals surface area contributed by atoms with Crippen LogP contribution in [-0.2, 0) is 0 Å². The number of aliphatic hydroxyl groups excluding tert-OH is 2. The highest BCUT2D eigenvalue weighted by atomic mass is 16.3. The van der Waals surface area contributed by atoms with Gasteiger partial charge in [0.05, 0.1) is 0 Å². The average molecular weight is 331 g/mol. The summed E-state index contributed by atoms with van der Waals surface area (Å²) in [6.07, 6.45) is 15.4. The van der Waals surface area contributed by atoms with E-state index in [4.69, 9.17) is 10.2 Å². The zero-order valence-electron chi connectivity index (χ0n) is 16.9. The van der Waals surface area contributed by atoms with E-state index in [2.05, 4.69) is 34.6 Å². The highest BCUT2D eigenvalue weighted by Gasteiger charge is 2.14. The Labute approximate surface area is 147 Å². The molecule has 0 aliphatic heterocycles. The fraction of sp³-hybridized carbons (Fsp3) is 1.00. The summed E-state index contributed by atoms with van der Waals surface area (Å²) >= 11 is 0. The Balaban J connectivity index is 0. The molecule has 0 aromatic carbocycles. The molecule has 0 spiro atoms. The summed E-state index contributed by atoms with van der Waals surface area (Å²) in [5, 5.41) is 17.2. The van der Waals surface area contributed by atoms with Crippen LogP contribution in [0.5, 0.6) is 0 Å². The number of aliphatic hydroxyl groups is 2. The second-order valence-corrected chi connectivity index (χ2v) is 8.29. The van der Waals surface area contributed by atoms with Crippen LogP contribution in [-0.4, -0.2) is 23.4 Å². The summed E-state index contributed by atoms with van der Waals surface area (Å²) in [6.45, 7) is 11.9. The molecule has 0 aromatic heterocycles. The van der Waals surface area contributed by atoms with Gasteiger partial charge in [0.2, 0.25) is 0 Å². The van der Waals surface area contributed by atoms with Crippen molar-refractivity contribution in [3.8, 4) is 0 Å². The molecule has 2 nitrogen and oxygen atoms in total. The molecule has 2 N–H and O–H groups in total. The molecule has 0 saturated heterocycles. The summed E-state index contributed by atoms with van der Waals surface area (Å²) in [5.74, 6) is 0.657. The smallest absolute Gasteiger partial charge is 0.0433 e. The van der Waals surface area contributed by atoms with Crippen LogP contribution in [0, 0.1) is 11.3 Å². The summed E-state index contributed by atoms with van der Waals surface area (Å²) in [7, 11) is 0. The number of hydrogen-bond donors (Lipinski definition) is 2. The van der Waals surface area contributed by atoms with Gasteiger partial charge in [-0.1, -0.05) is 92.4 Å². The zero-order chi connectivity index (χ0) is 18.0. The van der Waals surface area contributed by atoms with Gasteiger partial charge in [0.25, 0.3) is 0 Å². The minimum Gasteiger partial charge on any atom is -0.396 e. The average Bonchev–Trinajstić information content (AvgIpc) is 2.45. The lowest BCUT2D eigenvalue weighted by atomic mass is 9.84. The van der Waals surface area contributed by atoms with Crippen LogP contribution < -0.4 is 0 Å². The highest BCUT2D eigenvalue weighted by Crippen LogP contribution is 2.25. The van der Waals surface area contributed by atoms with Crippen molar-refractivity contribution < 1.29 is 10.2 Å². The predicted octanol–water partition coefficient (Wildman–Crippen LogP) is 6.34. The Hall–Kier alpha value is -0.0800. The van der Waals surface area contributed by atoms with Crippen molar-refractivity contribution in [2.45, 2.75) is 112 Å². The second-order valence-electron chi connectivity index (χ2n) is 8.29. The van der Waals surface area contributed by atoms with Crippen LogP contribution in [0.1, 0.15) is 112 Å². The van der Waals surface area contributed by atoms with Crippen LogP contribution in [0.3, 0.4) is 0 Å². The first kappa shape index (κ1) is 25.2. The van der Waals surface area contributed by atoms with Gasteiger partial charge in [-0.2, -0.15) is 0 Å². The van der Waals surface area contributed by atoms with Crippen LogP contribution in [0.4, 0.5) is 0 Å². The first-order chi connectivity index (χ1) is 10.9. The van der Waals surface area contributed by atoms with Crippen LogP contribution in [0.15, 0.2) is 0 Å². The summed E-state index contributed by atoms with van der Waals surface area (Å²) in [4.78, 5) is 0. The first-order valence-corrected chi connectivity index (χ1v) is 10.1. The van der Waals surface area contributed by atoms with Crippen molar-refractivity contribution >= 4 is 0 Å². The topological polar surface area (TPSA) is 40.5 Å². The first-order valence-electron chi connectivity index (χ1n) is 10.1. The van der Waals surface area contributed by atoms with Gasteiger partial charge in [0.15, 0.2) is 0 Å². The molecule has 142 valence electrons. The fourth-order valence-corrected chi connectivity index (χ4v) is 2.97. The molecule has 0 aliphatic rings. The van der Waals surface area contributed by atoms with Crippen molar-refractivity contribution in [2.75, 3.05) is 13.2 Å². The summed E-state index contributed by atoms with van der Waals surface area (Å²) in [5.41, 5.74) is 0.411. The summed E-state index contributed by atoms with van der Waals surface area (Å²) in [6, 6.07) is 0. The predicted molar refractivity (Wildman–Crippen MR) is 104 cm³/mol. The number of hydrogen-bond acceptors (Lipinski definition) is 2. The van der Waals surface area contributed by atoms with Gasteiger partial charge < -0.3 is 10.2 Å². The van der Waals surface area contributed by atoms with Crippen LogP contribution >= 0.6 is 0 Å². The van der Waals surface area contributed by atoms with Gasteiger partial charge in [-0.25, -0.2) is 0 Å².